The molecule has 0 saturated heterocycles. The van der Waals surface area contributed by atoms with Crippen molar-refractivity contribution < 1.29 is 4.74 Å². The zero-order valence-electron chi connectivity index (χ0n) is 12.0. The third kappa shape index (κ3) is 4.28. The summed E-state index contributed by atoms with van der Waals surface area (Å²) in [6.07, 6.45) is 0.919. The average Bonchev–Trinajstić information content (AvgIpc) is 2.34. The van der Waals surface area contributed by atoms with E-state index in [-0.39, 0.29) is 0 Å². The Kier molecular flexibility index (Phi) is 5.49. The van der Waals surface area contributed by atoms with E-state index in [1.807, 2.05) is 50.1 Å². The maximum absolute atomic E-state index is 5.21. The van der Waals surface area contributed by atoms with Gasteiger partial charge in [0.25, 0.3) is 0 Å². The Balaban J connectivity index is 2.61. The van der Waals surface area contributed by atoms with Crippen LogP contribution in [0.15, 0.2) is 29.3 Å². The maximum Gasteiger partial charge on any atom is 0.195 e. The molecule has 1 aromatic rings. The third-order valence-electron chi connectivity index (χ3n) is 2.59. The van der Waals surface area contributed by atoms with Crippen LogP contribution in [0.25, 0.3) is 0 Å². The van der Waals surface area contributed by atoms with Gasteiger partial charge >= 0.3 is 0 Å². The summed E-state index contributed by atoms with van der Waals surface area (Å²) >= 11 is 0. The zero-order valence-corrected chi connectivity index (χ0v) is 12.0. The molecule has 0 aliphatic carbocycles. The summed E-state index contributed by atoms with van der Waals surface area (Å²) in [4.78, 5) is 8.64. The molecular formula is C14H23N3O. The molecule has 0 bridgehead atoms. The summed E-state index contributed by atoms with van der Waals surface area (Å²) in [5.74, 6) is 1.88. The fourth-order valence-electron chi connectivity index (χ4n) is 1.80. The first-order valence-corrected chi connectivity index (χ1v) is 6.06. The number of hydrogen-bond donors (Lipinski definition) is 0. The Hall–Kier alpha value is -1.71. The van der Waals surface area contributed by atoms with E-state index in [1.165, 1.54) is 5.56 Å². The van der Waals surface area contributed by atoms with Gasteiger partial charge in [-0.25, -0.2) is 0 Å². The van der Waals surface area contributed by atoms with Crippen molar-refractivity contribution in [3.63, 3.8) is 0 Å². The highest BCUT2D eigenvalue weighted by Gasteiger charge is 2.03. The number of benzene rings is 1. The second-order valence-electron chi connectivity index (χ2n) is 4.57. The molecule has 4 nitrogen and oxygen atoms in total. The van der Waals surface area contributed by atoms with Crippen molar-refractivity contribution in [2.45, 2.75) is 6.42 Å². The molecule has 0 atom stereocenters. The lowest BCUT2D eigenvalue weighted by molar-refractivity contribution is 0.414. The Morgan fingerprint density at radius 2 is 1.83 bits per heavy atom. The molecule has 0 amide bonds. The van der Waals surface area contributed by atoms with Gasteiger partial charge in [-0.15, -0.1) is 0 Å². The predicted octanol–water partition coefficient (Wildman–Crippen LogP) is 1.72. The number of guanidine groups is 1. The van der Waals surface area contributed by atoms with E-state index in [2.05, 4.69) is 17.1 Å². The van der Waals surface area contributed by atoms with Gasteiger partial charge in [-0.1, -0.05) is 12.1 Å². The summed E-state index contributed by atoms with van der Waals surface area (Å²) < 4.78 is 5.21. The van der Waals surface area contributed by atoms with E-state index in [9.17, 15) is 0 Å². The molecule has 0 N–H and O–H groups in total. The van der Waals surface area contributed by atoms with Crippen molar-refractivity contribution in [1.29, 1.82) is 0 Å². The molecule has 1 rings (SSSR count). The van der Waals surface area contributed by atoms with Crippen LogP contribution in [0.1, 0.15) is 5.56 Å². The van der Waals surface area contributed by atoms with Crippen molar-refractivity contribution >= 4 is 5.96 Å². The minimum Gasteiger partial charge on any atom is -0.497 e. The fraction of sp³-hybridized carbons (Fsp3) is 0.500. The van der Waals surface area contributed by atoms with Gasteiger partial charge in [-0.2, -0.15) is 0 Å². The van der Waals surface area contributed by atoms with E-state index < -0.39 is 0 Å². The molecule has 0 heterocycles. The minimum atomic E-state index is 0.777. The van der Waals surface area contributed by atoms with Gasteiger partial charge in [0.15, 0.2) is 5.96 Å². The van der Waals surface area contributed by atoms with Crippen molar-refractivity contribution in [3.8, 4) is 5.75 Å². The average molecular weight is 249 g/mol. The summed E-state index contributed by atoms with van der Waals surface area (Å²) in [5.41, 5.74) is 1.25. The summed E-state index contributed by atoms with van der Waals surface area (Å²) in [6, 6.07) is 8.12. The number of rotatable bonds is 4. The minimum absolute atomic E-state index is 0.777. The number of hydrogen-bond acceptors (Lipinski definition) is 2. The van der Waals surface area contributed by atoms with Gasteiger partial charge in [0.1, 0.15) is 5.75 Å². The van der Waals surface area contributed by atoms with Gasteiger partial charge in [-0.05, 0) is 24.1 Å². The van der Waals surface area contributed by atoms with E-state index in [4.69, 9.17) is 4.74 Å². The SMILES string of the molecule is COc1cccc(CCN=C(N(C)C)N(C)C)c1. The topological polar surface area (TPSA) is 28.1 Å². The standard InChI is InChI=1S/C14H23N3O/c1-16(2)14(17(3)4)15-10-9-12-7-6-8-13(11-12)18-5/h6-8,11H,9-10H2,1-5H3. The first kappa shape index (κ1) is 14.4. The normalized spacial score (nSPS) is 9.83. The van der Waals surface area contributed by atoms with Crippen LogP contribution in [0.3, 0.4) is 0 Å². The molecular weight excluding hydrogens is 226 g/mol. The van der Waals surface area contributed by atoms with Crippen molar-refractivity contribution in [1.82, 2.24) is 9.80 Å². The Labute approximate surface area is 110 Å². The lowest BCUT2D eigenvalue weighted by Crippen LogP contribution is -2.35. The van der Waals surface area contributed by atoms with E-state index >= 15 is 0 Å². The van der Waals surface area contributed by atoms with Crippen LogP contribution in [0.4, 0.5) is 0 Å². The molecule has 4 heteroatoms. The lowest BCUT2D eigenvalue weighted by Gasteiger charge is -2.22. The van der Waals surface area contributed by atoms with E-state index in [0.29, 0.717) is 0 Å². The fourth-order valence-corrected chi connectivity index (χ4v) is 1.80. The molecule has 0 aromatic heterocycles. The third-order valence-corrected chi connectivity index (χ3v) is 2.59. The first-order chi connectivity index (χ1) is 8.54. The number of methoxy groups -OCH3 is 1. The van der Waals surface area contributed by atoms with Crippen LogP contribution in [-0.2, 0) is 6.42 Å². The van der Waals surface area contributed by atoms with Gasteiger partial charge in [0.2, 0.25) is 0 Å². The molecule has 18 heavy (non-hydrogen) atoms. The zero-order chi connectivity index (χ0) is 13.5. The van der Waals surface area contributed by atoms with Gasteiger partial charge in [0.05, 0.1) is 7.11 Å². The van der Waals surface area contributed by atoms with Crippen LogP contribution in [0.5, 0.6) is 5.75 Å². The smallest absolute Gasteiger partial charge is 0.195 e. The van der Waals surface area contributed by atoms with Gasteiger partial charge in [0, 0.05) is 34.7 Å². The monoisotopic (exact) mass is 249 g/mol. The molecule has 0 saturated carbocycles. The molecule has 0 radical (unpaired) electrons. The van der Waals surface area contributed by atoms with E-state index in [1.54, 1.807) is 7.11 Å². The molecule has 100 valence electrons. The Bertz CT molecular complexity index is 390. The van der Waals surface area contributed by atoms with Crippen LogP contribution in [-0.4, -0.2) is 57.6 Å². The number of nitrogens with zero attached hydrogens (tertiary/aromatic N) is 3. The summed E-state index contributed by atoms with van der Waals surface area (Å²) in [7, 11) is 9.71. The highest BCUT2D eigenvalue weighted by atomic mass is 16.5. The van der Waals surface area contributed by atoms with Gasteiger partial charge in [-0.3, -0.25) is 4.99 Å². The Morgan fingerprint density at radius 3 is 2.39 bits per heavy atom. The van der Waals surface area contributed by atoms with Crippen molar-refractivity contribution in [2.24, 2.45) is 4.99 Å². The largest absolute Gasteiger partial charge is 0.497 e. The summed E-state index contributed by atoms with van der Waals surface area (Å²) in [6.45, 7) is 0.777. The number of aliphatic imine (C=N–C) groups is 1. The highest BCUT2D eigenvalue weighted by Crippen LogP contribution is 2.12. The van der Waals surface area contributed by atoms with Crippen molar-refractivity contribution in [3.05, 3.63) is 29.8 Å². The molecule has 0 aliphatic heterocycles. The second-order valence-corrected chi connectivity index (χ2v) is 4.57. The molecule has 0 unspecified atom stereocenters. The van der Waals surface area contributed by atoms with Gasteiger partial charge < -0.3 is 14.5 Å². The molecule has 0 spiro atoms. The Morgan fingerprint density at radius 1 is 1.17 bits per heavy atom. The number of ether oxygens (including phenoxy) is 1. The quantitative estimate of drug-likeness (QED) is 0.601. The second kappa shape index (κ2) is 6.89. The van der Waals surface area contributed by atoms with Crippen LogP contribution < -0.4 is 4.74 Å². The molecule has 0 fully saturated rings. The highest BCUT2D eigenvalue weighted by molar-refractivity contribution is 5.79. The maximum atomic E-state index is 5.21. The molecule has 0 aliphatic rings. The first-order valence-electron chi connectivity index (χ1n) is 6.06. The van der Waals surface area contributed by atoms with Crippen molar-refractivity contribution in [2.75, 3.05) is 41.8 Å². The van der Waals surface area contributed by atoms with Crippen LogP contribution in [0, 0.1) is 0 Å². The summed E-state index contributed by atoms with van der Waals surface area (Å²) in [5, 5.41) is 0. The molecule has 1 aromatic carbocycles. The van der Waals surface area contributed by atoms with E-state index in [0.717, 1.165) is 24.7 Å². The van der Waals surface area contributed by atoms with Crippen LogP contribution in [0.2, 0.25) is 0 Å². The van der Waals surface area contributed by atoms with Crippen LogP contribution >= 0.6 is 0 Å². The lowest BCUT2D eigenvalue weighted by atomic mass is 10.1. The predicted molar refractivity (Wildman–Crippen MR) is 76.4 cm³/mol.